The van der Waals surface area contributed by atoms with E-state index in [9.17, 15) is 9.59 Å². The number of esters is 1. The molecule has 0 amide bonds. The Morgan fingerprint density at radius 3 is 2.62 bits per heavy atom. The summed E-state index contributed by atoms with van der Waals surface area (Å²) >= 11 is 1.45. The average Bonchev–Trinajstić information content (AvgIpc) is 3.22. The molecule has 3 aromatic carbocycles. The van der Waals surface area contributed by atoms with Gasteiger partial charge in [-0.3, -0.25) is 4.79 Å². The van der Waals surface area contributed by atoms with E-state index in [1.807, 2.05) is 54.6 Å². The third-order valence-electron chi connectivity index (χ3n) is 4.98. The zero-order valence-corrected chi connectivity index (χ0v) is 17.9. The Labute approximate surface area is 187 Å². The quantitative estimate of drug-likeness (QED) is 0.195. The van der Waals surface area contributed by atoms with Gasteiger partial charge in [-0.2, -0.15) is 0 Å². The van der Waals surface area contributed by atoms with Crippen molar-refractivity contribution in [3.05, 3.63) is 100 Å². The van der Waals surface area contributed by atoms with Crippen LogP contribution in [0.15, 0.2) is 88.1 Å². The number of hydrogen-bond acceptors (Lipinski definition) is 6. The van der Waals surface area contributed by atoms with E-state index in [1.54, 1.807) is 31.2 Å². The lowest BCUT2D eigenvalue weighted by atomic mass is 10.1. The molecule has 5 rings (SSSR count). The summed E-state index contributed by atoms with van der Waals surface area (Å²) in [6.45, 7) is 1.74. The van der Waals surface area contributed by atoms with Crippen LogP contribution in [-0.4, -0.2) is 11.0 Å². The van der Waals surface area contributed by atoms with Crippen molar-refractivity contribution in [1.29, 1.82) is 0 Å². The van der Waals surface area contributed by atoms with Gasteiger partial charge in [0.25, 0.3) is 0 Å². The molecule has 0 radical (unpaired) electrons. The number of hydrogen-bond donors (Lipinski definition) is 0. The number of nitrogens with zero attached hydrogens (tertiary/aromatic N) is 1. The van der Waals surface area contributed by atoms with Crippen LogP contribution in [-0.2, 0) is 4.79 Å². The van der Waals surface area contributed by atoms with Crippen LogP contribution in [0.2, 0.25) is 0 Å². The second kappa shape index (κ2) is 8.24. The number of benzene rings is 3. The summed E-state index contributed by atoms with van der Waals surface area (Å²) in [5.74, 6) is 0.253. The number of thiazole rings is 1. The fourth-order valence-electron chi connectivity index (χ4n) is 3.45. The molecule has 6 heteroatoms. The van der Waals surface area contributed by atoms with Crippen LogP contribution in [0.5, 0.6) is 5.75 Å². The van der Waals surface area contributed by atoms with Crippen molar-refractivity contribution in [3.63, 3.8) is 0 Å². The minimum Gasteiger partial charge on any atom is -0.460 e. The molecule has 32 heavy (non-hydrogen) atoms. The molecule has 2 aromatic heterocycles. The van der Waals surface area contributed by atoms with Crippen molar-refractivity contribution in [3.8, 4) is 16.3 Å². The number of rotatable bonds is 4. The van der Waals surface area contributed by atoms with E-state index < -0.39 is 5.97 Å². The van der Waals surface area contributed by atoms with Gasteiger partial charge in [-0.25, -0.2) is 9.78 Å². The number of carbonyl (C=O) groups is 1. The number of aryl methyl sites for hydroxylation is 1. The predicted molar refractivity (Wildman–Crippen MR) is 127 cm³/mol. The van der Waals surface area contributed by atoms with Gasteiger partial charge in [0.2, 0.25) is 5.43 Å². The Morgan fingerprint density at radius 1 is 1.03 bits per heavy atom. The predicted octanol–water partition coefficient (Wildman–Crippen LogP) is 6.00. The van der Waals surface area contributed by atoms with Crippen LogP contribution in [0.1, 0.15) is 11.3 Å². The zero-order chi connectivity index (χ0) is 22.1. The fourth-order valence-corrected chi connectivity index (χ4v) is 4.51. The summed E-state index contributed by atoms with van der Waals surface area (Å²) in [6, 6.07) is 22.0. The van der Waals surface area contributed by atoms with Gasteiger partial charge < -0.3 is 9.15 Å². The van der Waals surface area contributed by atoms with Crippen LogP contribution in [0.4, 0.5) is 0 Å². The second-order valence-electron chi connectivity index (χ2n) is 7.17. The monoisotopic (exact) mass is 439 g/mol. The van der Waals surface area contributed by atoms with Crippen LogP contribution in [0.25, 0.3) is 37.8 Å². The Morgan fingerprint density at radius 2 is 1.81 bits per heavy atom. The Balaban J connectivity index is 1.46. The smallest absolute Gasteiger partial charge is 0.336 e. The molecule has 0 aliphatic rings. The second-order valence-corrected chi connectivity index (χ2v) is 8.20. The van der Waals surface area contributed by atoms with Crippen molar-refractivity contribution in [2.24, 2.45) is 0 Å². The average molecular weight is 439 g/mol. The van der Waals surface area contributed by atoms with Crippen molar-refractivity contribution >= 4 is 44.6 Å². The maximum atomic E-state index is 13.2. The van der Waals surface area contributed by atoms with Gasteiger partial charge in [0, 0.05) is 12.1 Å². The lowest BCUT2D eigenvalue weighted by Gasteiger charge is -2.06. The summed E-state index contributed by atoms with van der Waals surface area (Å²) < 4.78 is 12.3. The molecule has 0 spiro atoms. The minimum absolute atomic E-state index is 0.162. The van der Waals surface area contributed by atoms with E-state index in [4.69, 9.17) is 9.15 Å². The molecule has 0 bridgehead atoms. The number of fused-ring (bicyclic) bond motifs is 2. The SMILES string of the molecule is Cc1oc2cc(OC(=O)/C=C/c3ccccc3)ccc2c(=O)c1-c1nc2ccccc2s1. The highest BCUT2D eigenvalue weighted by molar-refractivity contribution is 7.21. The van der Waals surface area contributed by atoms with Crippen LogP contribution < -0.4 is 10.2 Å². The summed E-state index contributed by atoms with van der Waals surface area (Å²) in [5.41, 5.74) is 2.39. The Kier molecular flexibility index (Phi) is 5.13. The normalized spacial score (nSPS) is 11.4. The molecule has 0 fully saturated rings. The maximum Gasteiger partial charge on any atom is 0.336 e. The number of aromatic nitrogens is 1. The third kappa shape index (κ3) is 3.84. The van der Waals surface area contributed by atoms with E-state index in [1.165, 1.54) is 17.4 Å². The molecule has 156 valence electrons. The van der Waals surface area contributed by atoms with E-state index in [0.717, 1.165) is 15.8 Å². The van der Waals surface area contributed by atoms with Crippen molar-refractivity contribution in [2.75, 3.05) is 0 Å². The standard InChI is InChI=1S/C26H17NO4S/c1-16-24(26-27-20-9-5-6-10-22(20)32-26)25(29)19-13-12-18(15-21(19)30-16)31-23(28)14-11-17-7-3-2-4-8-17/h2-15H,1H3/b14-11+. The molecule has 0 saturated heterocycles. The summed E-state index contributed by atoms with van der Waals surface area (Å²) in [6.07, 6.45) is 3.04. The lowest BCUT2D eigenvalue weighted by molar-refractivity contribution is -0.128. The van der Waals surface area contributed by atoms with Gasteiger partial charge in [-0.05, 0) is 42.8 Å². The van der Waals surface area contributed by atoms with Crippen LogP contribution in [0.3, 0.4) is 0 Å². The topological polar surface area (TPSA) is 69.4 Å². The third-order valence-corrected chi connectivity index (χ3v) is 6.03. The zero-order valence-electron chi connectivity index (χ0n) is 17.1. The number of para-hydroxylation sites is 1. The van der Waals surface area contributed by atoms with Crippen LogP contribution in [0, 0.1) is 6.92 Å². The molecule has 5 aromatic rings. The highest BCUT2D eigenvalue weighted by atomic mass is 32.1. The van der Waals surface area contributed by atoms with Gasteiger partial charge in [0.1, 0.15) is 22.1 Å². The molecule has 0 saturated carbocycles. The first-order valence-electron chi connectivity index (χ1n) is 9.97. The first-order chi connectivity index (χ1) is 15.6. The van der Waals surface area contributed by atoms with Gasteiger partial charge in [-0.1, -0.05) is 42.5 Å². The molecule has 5 nitrogen and oxygen atoms in total. The molecule has 0 aliphatic carbocycles. The largest absolute Gasteiger partial charge is 0.460 e. The Hall–Kier alpha value is -4.03. The minimum atomic E-state index is -0.515. The molecule has 0 atom stereocenters. The maximum absolute atomic E-state index is 13.2. The van der Waals surface area contributed by atoms with E-state index >= 15 is 0 Å². The van der Waals surface area contributed by atoms with Gasteiger partial charge in [-0.15, -0.1) is 11.3 Å². The summed E-state index contributed by atoms with van der Waals surface area (Å²) in [5, 5.41) is 1.03. The summed E-state index contributed by atoms with van der Waals surface area (Å²) in [7, 11) is 0. The molecule has 2 heterocycles. The molecule has 0 aliphatic heterocycles. The van der Waals surface area contributed by atoms with Crippen LogP contribution >= 0.6 is 11.3 Å². The molecule has 0 N–H and O–H groups in total. The van der Waals surface area contributed by atoms with Crippen molar-refractivity contribution < 1.29 is 13.9 Å². The Bertz CT molecular complexity index is 1510. The fraction of sp³-hybridized carbons (Fsp3) is 0.0385. The van der Waals surface area contributed by atoms with Gasteiger partial charge >= 0.3 is 5.97 Å². The van der Waals surface area contributed by atoms with E-state index in [-0.39, 0.29) is 5.43 Å². The molecular formula is C26H17NO4S. The van der Waals surface area contributed by atoms with Gasteiger partial charge in [0.05, 0.1) is 21.2 Å². The van der Waals surface area contributed by atoms with E-state index in [2.05, 4.69) is 4.98 Å². The highest BCUT2D eigenvalue weighted by Crippen LogP contribution is 2.32. The summed E-state index contributed by atoms with van der Waals surface area (Å²) in [4.78, 5) is 30.0. The highest BCUT2D eigenvalue weighted by Gasteiger charge is 2.18. The lowest BCUT2D eigenvalue weighted by Crippen LogP contribution is -2.08. The van der Waals surface area contributed by atoms with Crippen molar-refractivity contribution in [1.82, 2.24) is 4.98 Å². The molecular weight excluding hydrogens is 422 g/mol. The first kappa shape index (κ1) is 19.9. The van der Waals surface area contributed by atoms with Gasteiger partial charge in [0.15, 0.2) is 0 Å². The van der Waals surface area contributed by atoms with E-state index in [0.29, 0.717) is 33.1 Å². The van der Waals surface area contributed by atoms with Crippen molar-refractivity contribution in [2.45, 2.75) is 6.92 Å². The molecule has 0 unspecified atom stereocenters. The first-order valence-corrected chi connectivity index (χ1v) is 10.8. The number of carbonyl (C=O) groups excluding carboxylic acids is 1. The number of ether oxygens (including phenoxy) is 1.